The van der Waals surface area contributed by atoms with Crippen LogP contribution in [0.1, 0.15) is 22.6 Å². The van der Waals surface area contributed by atoms with Crippen molar-refractivity contribution in [2.24, 2.45) is 0 Å². The Balaban J connectivity index is 1.89. The summed E-state index contributed by atoms with van der Waals surface area (Å²) in [6.07, 6.45) is 3.19. The standard InChI is InChI=1S/C13H18N6O/c1-15-13(20)9-4-5-10(14)11(7-9)16-6-2-3-12-17-8-18-19-12/h4-5,7-8,16H,2-3,6,14H2,1H3,(H,15,20)(H,17,18,19). The molecular formula is C13H18N6O. The summed E-state index contributed by atoms with van der Waals surface area (Å²) in [5, 5.41) is 12.4. The molecule has 1 heterocycles. The molecule has 0 bridgehead atoms. The Morgan fingerprint density at radius 2 is 2.30 bits per heavy atom. The van der Waals surface area contributed by atoms with E-state index in [9.17, 15) is 4.79 Å². The first-order valence-electron chi connectivity index (χ1n) is 6.40. The van der Waals surface area contributed by atoms with Crippen molar-refractivity contribution in [2.75, 3.05) is 24.6 Å². The van der Waals surface area contributed by atoms with E-state index in [0.717, 1.165) is 30.9 Å². The Hall–Kier alpha value is -2.57. The summed E-state index contributed by atoms with van der Waals surface area (Å²) in [5.41, 5.74) is 7.86. The molecule has 0 unspecified atom stereocenters. The zero-order valence-corrected chi connectivity index (χ0v) is 11.3. The van der Waals surface area contributed by atoms with Crippen LogP contribution in [-0.4, -0.2) is 34.7 Å². The van der Waals surface area contributed by atoms with E-state index in [0.29, 0.717) is 11.3 Å². The molecule has 106 valence electrons. The van der Waals surface area contributed by atoms with Gasteiger partial charge >= 0.3 is 0 Å². The normalized spacial score (nSPS) is 10.2. The van der Waals surface area contributed by atoms with Crippen LogP contribution in [0.2, 0.25) is 0 Å². The summed E-state index contributed by atoms with van der Waals surface area (Å²) in [6, 6.07) is 5.18. The average molecular weight is 274 g/mol. The van der Waals surface area contributed by atoms with Crippen LogP contribution in [0.15, 0.2) is 24.5 Å². The minimum atomic E-state index is -0.130. The molecule has 1 aromatic heterocycles. The molecule has 0 aliphatic heterocycles. The SMILES string of the molecule is CNC(=O)c1ccc(N)c(NCCCc2ncn[nH]2)c1. The highest BCUT2D eigenvalue weighted by Gasteiger charge is 2.06. The number of hydrogen-bond donors (Lipinski definition) is 4. The second kappa shape index (κ2) is 6.55. The van der Waals surface area contributed by atoms with Gasteiger partial charge in [-0.15, -0.1) is 0 Å². The predicted octanol–water partition coefficient (Wildman–Crippen LogP) is 0.791. The molecule has 0 spiro atoms. The smallest absolute Gasteiger partial charge is 0.251 e. The van der Waals surface area contributed by atoms with Crippen LogP contribution in [0.5, 0.6) is 0 Å². The van der Waals surface area contributed by atoms with Gasteiger partial charge in [-0.05, 0) is 24.6 Å². The van der Waals surface area contributed by atoms with E-state index < -0.39 is 0 Å². The van der Waals surface area contributed by atoms with Crippen molar-refractivity contribution in [1.82, 2.24) is 20.5 Å². The minimum absolute atomic E-state index is 0.130. The Morgan fingerprint density at radius 3 is 3.00 bits per heavy atom. The molecule has 20 heavy (non-hydrogen) atoms. The zero-order valence-electron chi connectivity index (χ0n) is 11.3. The van der Waals surface area contributed by atoms with Crippen molar-refractivity contribution in [1.29, 1.82) is 0 Å². The van der Waals surface area contributed by atoms with E-state index in [1.807, 2.05) is 0 Å². The van der Waals surface area contributed by atoms with Gasteiger partial charge in [0, 0.05) is 25.6 Å². The number of carbonyl (C=O) groups excluding carboxylic acids is 1. The van der Waals surface area contributed by atoms with Gasteiger partial charge in [0.05, 0.1) is 11.4 Å². The third-order valence-corrected chi connectivity index (χ3v) is 2.91. The first-order chi connectivity index (χ1) is 9.70. The number of hydrogen-bond acceptors (Lipinski definition) is 5. The Kier molecular flexibility index (Phi) is 4.54. The fraction of sp³-hybridized carbons (Fsp3) is 0.308. The van der Waals surface area contributed by atoms with Crippen LogP contribution in [0, 0.1) is 0 Å². The van der Waals surface area contributed by atoms with Crippen LogP contribution in [0.25, 0.3) is 0 Å². The minimum Gasteiger partial charge on any atom is -0.397 e. The molecule has 0 saturated carbocycles. The largest absolute Gasteiger partial charge is 0.397 e. The van der Waals surface area contributed by atoms with E-state index >= 15 is 0 Å². The maximum atomic E-state index is 11.6. The van der Waals surface area contributed by atoms with E-state index in [2.05, 4.69) is 25.8 Å². The summed E-state index contributed by atoms with van der Waals surface area (Å²) in [7, 11) is 1.60. The number of nitrogen functional groups attached to an aromatic ring is 1. The molecule has 2 rings (SSSR count). The van der Waals surface area contributed by atoms with E-state index in [4.69, 9.17) is 5.73 Å². The highest BCUT2D eigenvalue weighted by Crippen LogP contribution is 2.20. The molecule has 7 heteroatoms. The lowest BCUT2D eigenvalue weighted by atomic mass is 10.1. The monoisotopic (exact) mass is 274 g/mol. The van der Waals surface area contributed by atoms with Crippen LogP contribution in [0.3, 0.4) is 0 Å². The van der Waals surface area contributed by atoms with Crippen molar-refractivity contribution < 1.29 is 4.79 Å². The Labute approximate surface area is 117 Å². The molecule has 0 aliphatic rings. The molecule has 0 radical (unpaired) electrons. The second-order valence-corrected chi connectivity index (χ2v) is 4.34. The fourth-order valence-corrected chi connectivity index (χ4v) is 1.83. The Bertz CT molecular complexity index is 566. The molecule has 0 atom stereocenters. The zero-order chi connectivity index (χ0) is 14.4. The average Bonchev–Trinajstić information content (AvgIpc) is 2.97. The van der Waals surface area contributed by atoms with Crippen molar-refractivity contribution >= 4 is 17.3 Å². The van der Waals surface area contributed by atoms with Gasteiger partial charge in [0.15, 0.2) is 0 Å². The number of nitrogens with zero attached hydrogens (tertiary/aromatic N) is 2. The van der Waals surface area contributed by atoms with Crippen molar-refractivity contribution in [2.45, 2.75) is 12.8 Å². The number of benzene rings is 1. The third kappa shape index (κ3) is 3.47. The second-order valence-electron chi connectivity index (χ2n) is 4.34. The van der Waals surface area contributed by atoms with Crippen molar-refractivity contribution in [3.63, 3.8) is 0 Å². The van der Waals surface area contributed by atoms with Gasteiger partial charge in [0.25, 0.3) is 5.91 Å². The maximum absolute atomic E-state index is 11.6. The number of H-pyrrole nitrogens is 1. The van der Waals surface area contributed by atoms with E-state index in [1.54, 1.807) is 25.2 Å². The topological polar surface area (TPSA) is 109 Å². The predicted molar refractivity (Wildman–Crippen MR) is 77.4 cm³/mol. The molecule has 5 N–H and O–H groups in total. The highest BCUT2D eigenvalue weighted by molar-refractivity contribution is 5.96. The number of aromatic nitrogens is 3. The van der Waals surface area contributed by atoms with Gasteiger partial charge in [-0.3, -0.25) is 9.89 Å². The number of anilines is 2. The van der Waals surface area contributed by atoms with E-state index in [-0.39, 0.29) is 5.91 Å². The van der Waals surface area contributed by atoms with Gasteiger partial charge in [0.1, 0.15) is 12.2 Å². The number of aromatic amines is 1. The molecule has 0 saturated heterocycles. The van der Waals surface area contributed by atoms with Gasteiger partial charge in [0.2, 0.25) is 0 Å². The molecule has 7 nitrogen and oxygen atoms in total. The van der Waals surface area contributed by atoms with Gasteiger partial charge < -0.3 is 16.4 Å². The number of aryl methyl sites for hydroxylation is 1. The summed E-state index contributed by atoms with van der Waals surface area (Å²) < 4.78 is 0. The molecule has 0 aliphatic carbocycles. The summed E-state index contributed by atoms with van der Waals surface area (Å²) in [5.74, 6) is 0.730. The number of carbonyl (C=O) groups is 1. The van der Waals surface area contributed by atoms with Gasteiger partial charge in [-0.1, -0.05) is 0 Å². The lowest BCUT2D eigenvalue weighted by molar-refractivity contribution is 0.0963. The lowest BCUT2D eigenvalue weighted by Gasteiger charge is -2.10. The highest BCUT2D eigenvalue weighted by atomic mass is 16.1. The first kappa shape index (κ1) is 13.9. The summed E-state index contributed by atoms with van der Waals surface area (Å²) in [4.78, 5) is 15.6. The number of amides is 1. The lowest BCUT2D eigenvalue weighted by Crippen LogP contribution is -2.18. The fourth-order valence-electron chi connectivity index (χ4n) is 1.83. The van der Waals surface area contributed by atoms with Gasteiger partial charge in [-0.25, -0.2) is 4.98 Å². The van der Waals surface area contributed by atoms with Crippen LogP contribution in [-0.2, 0) is 6.42 Å². The van der Waals surface area contributed by atoms with Crippen molar-refractivity contribution in [3.8, 4) is 0 Å². The summed E-state index contributed by atoms with van der Waals surface area (Å²) in [6.45, 7) is 0.738. The van der Waals surface area contributed by atoms with Crippen LogP contribution >= 0.6 is 0 Å². The maximum Gasteiger partial charge on any atom is 0.251 e. The third-order valence-electron chi connectivity index (χ3n) is 2.91. The van der Waals surface area contributed by atoms with Crippen molar-refractivity contribution in [3.05, 3.63) is 35.9 Å². The van der Waals surface area contributed by atoms with Gasteiger partial charge in [-0.2, -0.15) is 5.10 Å². The molecule has 1 aromatic carbocycles. The van der Waals surface area contributed by atoms with E-state index in [1.165, 1.54) is 6.33 Å². The molecular weight excluding hydrogens is 256 g/mol. The van der Waals surface area contributed by atoms with Crippen LogP contribution < -0.4 is 16.4 Å². The first-order valence-corrected chi connectivity index (χ1v) is 6.40. The molecule has 0 fully saturated rings. The number of nitrogens with one attached hydrogen (secondary N) is 3. The number of nitrogens with two attached hydrogens (primary N) is 1. The number of rotatable bonds is 6. The summed E-state index contributed by atoms with van der Waals surface area (Å²) >= 11 is 0. The molecule has 1 amide bonds. The quantitative estimate of drug-likeness (QED) is 0.460. The Morgan fingerprint density at radius 1 is 1.45 bits per heavy atom. The molecule has 2 aromatic rings. The van der Waals surface area contributed by atoms with Crippen LogP contribution in [0.4, 0.5) is 11.4 Å².